The molecule has 1 fully saturated rings. The molecule has 8 heteroatoms. The molecule has 1 saturated heterocycles. The number of amides is 2. The van der Waals surface area contributed by atoms with Crippen LogP contribution in [0.3, 0.4) is 0 Å². The fourth-order valence-corrected chi connectivity index (χ4v) is 2.68. The summed E-state index contributed by atoms with van der Waals surface area (Å²) in [6.45, 7) is -0.0174. The Kier molecular flexibility index (Phi) is 5.12. The zero-order valence-electron chi connectivity index (χ0n) is 11.5. The Labute approximate surface area is 134 Å². The van der Waals surface area contributed by atoms with Crippen LogP contribution < -0.4 is 5.32 Å². The summed E-state index contributed by atoms with van der Waals surface area (Å²) in [5.74, 6) is -2.97. The molecule has 2 amide bonds. The molecular weight excluding hydrogens is 359 g/mol. The molecule has 1 atom stereocenters. The van der Waals surface area contributed by atoms with E-state index >= 15 is 0 Å². The maximum atomic E-state index is 13.6. The normalized spacial score (nSPS) is 17.4. The van der Waals surface area contributed by atoms with Crippen LogP contribution >= 0.6 is 15.9 Å². The molecule has 1 heterocycles. The Hall–Kier alpha value is -1.96. The molecule has 6 nitrogen and oxygen atoms in total. The molecule has 1 aromatic rings. The molecule has 0 radical (unpaired) electrons. The van der Waals surface area contributed by atoms with Gasteiger partial charge in [-0.25, -0.2) is 9.18 Å². The van der Waals surface area contributed by atoms with E-state index in [4.69, 9.17) is 5.11 Å². The van der Waals surface area contributed by atoms with Gasteiger partial charge in [-0.1, -0.05) is 15.9 Å². The number of carboxylic acids is 1. The van der Waals surface area contributed by atoms with Crippen molar-refractivity contribution < 1.29 is 23.9 Å². The fourth-order valence-electron chi connectivity index (χ4n) is 2.35. The van der Waals surface area contributed by atoms with Crippen LogP contribution in [0.25, 0.3) is 0 Å². The van der Waals surface area contributed by atoms with Crippen LogP contribution in [-0.4, -0.2) is 46.9 Å². The van der Waals surface area contributed by atoms with Crippen LogP contribution in [0.4, 0.5) is 4.39 Å². The predicted octanol–water partition coefficient (Wildman–Crippen LogP) is 1.39. The highest BCUT2D eigenvalue weighted by atomic mass is 79.9. The van der Waals surface area contributed by atoms with E-state index in [9.17, 15) is 18.8 Å². The molecule has 0 saturated carbocycles. The summed E-state index contributed by atoms with van der Waals surface area (Å²) < 4.78 is 14.1. The lowest BCUT2D eigenvalue weighted by atomic mass is 10.2. The van der Waals surface area contributed by atoms with E-state index in [1.54, 1.807) is 0 Å². The smallest absolute Gasteiger partial charge is 0.326 e. The van der Waals surface area contributed by atoms with Crippen LogP contribution in [0.5, 0.6) is 0 Å². The third-order valence-electron chi connectivity index (χ3n) is 3.43. The van der Waals surface area contributed by atoms with E-state index in [2.05, 4.69) is 21.2 Å². The van der Waals surface area contributed by atoms with E-state index in [1.165, 1.54) is 17.0 Å². The number of nitrogens with zero attached hydrogens (tertiary/aromatic N) is 1. The molecule has 1 aliphatic heterocycles. The van der Waals surface area contributed by atoms with Crippen LogP contribution in [0.1, 0.15) is 23.2 Å². The van der Waals surface area contributed by atoms with Gasteiger partial charge < -0.3 is 15.3 Å². The molecular formula is C14H14BrFN2O4. The van der Waals surface area contributed by atoms with Gasteiger partial charge in [-0.3, -0.25) is 9.59 Å². The molecule has 0 aliphatic carbocycles. The molecule has 0 spiro atoms. The van der Waals surface area contributed by atoms with Gasteiger partial charge in [0.15, 0.2) is 0 Å². The van der Waals surface area contributed by atoms with Gasteiger partial charge in [-0.2, -0.15) is 0 Å². The van der Waals surface area contributed by atoms with Crippen LogP contribution in [0, 0.1) is 5.82 Å². The van der Waals surface area contributed by atoms with Crippen molar-refractivity contribution in [1.82, 2.24) is 10.2 Å². The highest BCUT2D eigenvalue weighted by Crippen LogP contribution is 2.18. The lowest BCUT2D eigenvalue weighted by Crippen LogP contribution is -2.45. The average molecular weight is 373 g/mol. The molecule has 1 aliphatic rings. The molecule has 1 aromatic carbocycles. The van der Waals surface area contributed by atoms with Gasteiger partial charge in [0.05, 0.1) is 12.1 Å². The monoisotopic (exact) mass is 372 g/mol. The molecule has 22 heavy (non-hydrogen) atoms. The van der Waals surface area contributed by atoms with Gasteiger partial charge in [-0.15, -0.1) is 0 Å². The number of nitrogens with one attached hydrogen (secondary N) is 1. The molecule has 2 N–H and O–H groups in total. The molecule has 118 valence electrons. The van der Waals surface area contributed by atoms with Crippen LogP contribution in [0.15, 0.2) is 22.7 Å². The second kappa shape index (κ2) is 6.87. The molecule has 2 rings (SSSR count). The van der Waals surface area contributed by atoms with Crippen molar-refractivity contribution in [1.29, 1.82) is 0 Å². The number of hydrogen-bond acceptors (Lipinski definition) is 3. The number of carboxylic acid groups (broad SMARTS) is 1. The number of benzene rings is 1. The number of aliphatic carboxylic acids is 1. The average Bonchev–Trinajstić information content (AvgIpc) is 2.94. The zero-order valence-corrected chi connectivity index (χ0v) is 13.1. The zero-order chi connectivity index (χ0) is 16.3. The SMILES string of the molecule is O=C(NCC(=O)N1CCCC1C(=O)O)c1ccc(Br)cc1F. The Morgan fingerprint density at radius 1 is 1.41 bits per heavy atom. The van der Waals surface area contributed by atoms with E-state index < -0.39 is 29.6 Å². The minimum Gasteiger partial charge on any atom is -0.480 e. The highest BCUT2D eigenvalue weighted by Gasteiger charge is 2.33. The lowest BCUT2D eigenvalue weighted by molar-refractivity contribution is -0.147. The van der Waals surface area contributed by atoms with Gasteiger partial charge in [0.1, 0.15) is 11.9 Å². The second-order valence-electron chi connectivity index (χ2n) is 4.89. The van der Waals surface area contributed by atoms with Crippen LogP contribution in [0.2, 0.25) is 0 Å². The van der Waals surface area contributed by atoms with Gasteiger partial charge in [0.25, 0.3) is 5.91 Å². The maximum Gasteiger partial charge on any atom is 0.326 e. The number of carbonyl (C=O) groups excluding carboxylic acids is 2. The van der Waals surface area contributed by atoms with Crippen molar-refractivity contribution in [2.75, 3.05) is 13.1 Å². The summed E-state index contributed by atoms with van der Waals surface area (Å²) in [5.41, 5.74) is -0.174. The summed E-state index contributed by atoms with van der Waals surface area (Å²) in [4.78, 5) is 36.1. The summed E-state index contributed by atoms with van der Waals surface area (Å²) in [6, 6.07) is 3.11. The fraction of sp³-hybridized carbons (Fsp3) is 0.357. The number of hydrogen-bond donors (Lipinski definition) is 2. The maximum absolute atomic E-state index is 13.6. The summed E-state index contributed by atoms with van der Waals surface area (Å²) >= 11 is 3.08. The number of likely N-dealkylation sites (tertiary alicyclic amines) is 1. The number of rotatable bonds is 4. The van der Waals surface area contributed by atoms with Crippen molar-refractivity contribution >= 4 is 33.7 Å². The third-order valence-corrected chi connectivity index (χ3v) is 3.93. The quantitative estimate of drug-likeness (QED) is 0.835. The highest BCUT2D eigenvalue weighted by molar-refractivity contribution is 9.10. The number of halogens is 2. The third kappa shape index (κ3) is 3.62. The lowest BCUT2D eigenvalue weighted by Gasteiger charge is -2.21. The van der Waals surface area contributed by atoms with Crippen molar-refractivity contribution in [3.05, 3.63) is 34.1 Å². The van der Waals surface area contributed by atoms with Gasteiger partial charge in [0, 0.05) is 11.0 Å². The predicted molar refractivity (Wildman–Crippen MR) is 78.8 cm³/mol. The van der Waals surface area contributed by atoms with E-state index in [-0.39, 0.29) is 12.1 Å². The molecule has 1 unspecified atom stereocenters. The first-order valence-corrected chi connectivity index (χ1v) is 7.45. The first kappa shape index (κ1) is 16.4. The van der Waals surface area contributed by atoms with Crippen LogP contribution in [-0.2, 0) is 9.59 Å². The molecule has 0 bridgehead atoms. The Balaban J connectivity index is 1.96. The Bertz CT molecular complexity index is 623. The first-order chi connectivity index (χ1) is 10.4. The number of carbonyl (C=O) groups is 3. The van der Waals surface area contributed by atoms with Gasteiger partial charge in [0.2, 0.25) is 5.91 Å². The van der Waals surface area contributed by atoms with Gasteiger partial charge in [-0.05, 0) is 31.0 Å². The largest absolute Gasteiger partial charge is 0.480 e. The van der Waals surface area contributed by atoms with Crippen molar-refractivity contribution in [2.45, 2.75) is 18.9 Å². The summed E-state index contributed by atoms with van der Waals surface area (Å²) in [6.07, 6.45) is 1.01. The van der Waals surface area contributed by atoms with E-state index in [0.717, 1.165) is 6.07 Å². The minimum absolute atomic E-state index is 0.174. The Morgan fingerprint density at radius 2 is 2.14 bits per heavy atom. The van der Waals surface area contributed by atoms with E-state index in [0.29, 0.717) is 23.9 Å². The van der Waals surface area contributed by atoms with E-state index in [1.807, 2.05) is 0 Å². The second-order valence-corrected chi connectivity index (χ2v) is 5.81. The summed E-state index contributed by atoms with van der Waals surface area (Å²) in [7, 11) is 0. The van der Waals surface area contributed by atoms with Crippen molar-refractivity contribution in [2.24, 2.45) is 0 Å². The molecule has 0 aromatic heterocycles. The van der Waals surface area contributed by atoms with Gasteiger partial charge >= 0.3 is 5.97 Å². The minimum atomic E-state index is -1.06. The summed E-state index contributed by atoms with van der Waals surface area (Å²) in [5, 5.41) is 11.3. The topological polar surface area (TPSA) is 86.7 Å². The van der Waals surface area contributed by atoms with Crippen molar-refractivity contribution in [3.63, 3.8) is 0 Å². The Morgan fingerprint density at radius 3 is 2.77 bits per heavy atom. The standard InChI is InChI=1S/C14H14BrFN2O4/c15-8-3-4-9(10(16)6-8)13(20)17-7-12(19)18-5-1-2-11(18)14(21)22/h3-4,6,11H,1-2,5,7H2,(H,17,20)(H,21,22). The first-order valence-electron chi connectivity index (χ1n) is 6.65. The van der Waals surface area contributed by atoms with Crippen molar-refractivity contribution in [3.8, 4) is 0 Å².